The number of benzene rings is 1. The second kappa shape index (κ2) is 8.53. The van der Waals surface area contributed by atoms with Gasteiger partial charge in [0.05, 0.1) is 13.0 Å². The minimum absolute atomic E-state index is 0.0235. The normalized spacial score (nSPS) is 17.4. The number of carbonyl (C=O) groups excluding carboxylic acids is 2. The van der Waals surface area contributed by atoms with Crippen LogP contribution < -0.4 is 15.0 Å². The number of carbonyl (C=O) groups is 2. The quantitative estimate of drug-likeness (QED) is 0.739. The molecule has 1 aromatic carbocycles. The molecule has 0 aliphatic carbocycles. The topological polar surface area (TPSA) is 67.9 Å². The van der Waals surface area contributed by atoms with Crippen LogP contribution in [0.4, 0.5) is 5.69 Å². The number of nitrogens with zero attached hydrogens (tertiary/aromatic N) is 1. The van der Waals surface area contributed by atoms with Crippen LogP contribution >= 0.6 is 0 Å². The van der Waals surface area contributed by atoms with Crippen molar-refractivity contribution < 1.29 is 19.1 Å². The highest BCUT2D eigenvalue weighted by atomic mass is 16.5. The molecule has 126 valence electrons. The number of hydrogen-bond donors (Lipinski definition) is 1. The third-order valence-corrected chi connectivity index (χ3v) is 3.85. The Morgan fingerprint density at radius 3 is 2.74 bits per heavy atom. The van der Waals surface area contributed by atoms with Crippen LogP contribution in [0.25, 0.3) is 0 Å². The van der Waals surface area contributed by atoms with Crippen LogP contribution in [0.1, 0.15) is 19.8 Å². The average Bonchev–Trinajstić information content (AvgIpc) is 2.96. The van der Waals surface area contributed by atoms with Gasteiger partial charge in [0.2, 0.25) is 11.8 Å². The highest BCUT2D eigenvalue weighted by Crippen LogP contribution is 2.26. The number of hydrogen-bond acceptors (Lipinski definition) is 4. The summed E-state index contributed by atoms with van der Waals surface area (Å²) in [6, 6.07) is 7.28. The molecule has 2 rings (SSSR count). The van der Waals surface area contributed by atoms with Gasteiger partial charge in [0, 0.05) is 38.4 Å². The van der Waals surface area contributed by atoms with Gasteiger partial charge in [0.25, 0.3) is 0 Å². The van der Waals surface area contributed by atoms with Gasteiger partial charge in [0.1, 0.15) is 5.75 Å². The zero-order chi connectivity index (χ0) is 16.7. The molecule has 6 heteroatoms. The van der Waals surface area contributed by atoms with E-state index in [0.717, 1.165) is 17.9 Å². The van der Waals surface area contributed by atoms with Crippen molar-refractivity contribution in [3.8, 4) is 5.75 Å². The van der Waals surface area contributed by atoms with E-state index < -0.39 is 0 Å². The first-order chi connectivity index (χ1) is 11.2. The lowest BCUT2D eigenvalue weighted by Gasteiger charge is -2.17. The molecule has 6 nitrogen and oxygen atoms in total. The monoisotopic (exact) mass is 320 g/mol. The summed E-state index contributed by atoms with van der Waals surface area (Å²) in [4.78, 5) is 26.0. The van der Waals surface area contributed by atoms with E-state index in [4.69, 9.17) is 9.47 Å². The van der Waals surface area contributed by atoms with E-state index in [2.05, 4.69) is 5.32 Å². The fourth-order valence-corrected chi connectivity index (χ4v) is 2.57. The van der Waals surface area contributed by atoms with Gasteiger partial charge in [-0.05, 0) is 37.6 Å². The van der Waals surface area contributed by atoms with Gasteiger partial charge in [-0.15, -0.1) is 0 Å². The molecule has 0 bridgehead atoms. The Bertz CT molecular complexity index is 530. The molecule has 1 atom stereocenters. The molecular formula is C17H24N2O4. The van der Waals surface area contributed by atoms with Crippen molar-refractivity contribution in [3.05, 3.63) is 24.3 Å². The first-order valence-corrected chi connectivity index (χ1v) is 7.95. The molecule has 1 aliphatic heterocycles. The summed E-state index contributed by atoms with van der Waals surface area (Å²) >= 11 is 0. The van der Waals surface area contributed by atoms with Gasteiger partial charge in [0.15, 0.2) is 0 Å². The molecule has 0 spiro atoms. The highest BCUT2D eigenvalue weighted by Gasteiger charge is 2.34. The Balaban J connectivity index is 1.84. The van der Waals surface area contributed by atoms with Gasteiger partial charge < -0.3 is 19.7 Å². The predicted octanol–water partition coefficient (Wildman–Crippen LogP) is 1.59. The molecule has 1 saturated heterocycles. The van der Waals surface area contributed by atoms with E-state index in [1.165, 1.54) is 0 Å². The Hall–Kier alpha value is -2.08. The first-order valence-electron chi connectivity index (χ1n) is 7.95. The molecule has 1 aromatic rings. The van der Waals surface area contributed by atoms with Crippen LogP contribution in [0.15, 0.2) is 24.3 Å². The minimum atomic E-state index is -0.295. The fourth-order valence-electron chi connectivity index (χ4n) is 2.57. The second-order valence-corrected chi connectivity index (χ2v) is 5.44. The lowest BCUT2D eigenvalue weighted by Crippen LogP contribution is -2.33. The number of anilines is 1. The zero-order valence-electron chi connectivity index (χ0n) is 13.7. The van der Waals surface area contributed by atoms with E-state index in [1.807, 2.05) is 31.2 Å². The summed E-state index contributed by atoms with van der Waals surface area (Å²) < 4.78 is 10.3. The highest BCUT2D eigenvalue weighted by molar-refractivity contribution is 6.00. The van der Waals surface area contributed by atoms with Crippen molar-refractivity contribution in [1.82, 2.24) is 5.32 Å². The van der Waals surface area contributed by atoms with Gasteiger partial charge in [-0.3, -0.25) is 9.59 Å². The molecule has 1 aliphatic rings. The zero-order valence-corrected chi connectivity index (χ0v) is 13.7. The minimum Gasteiger partial charge on any atom is -0.497 e. The molecule has 2 amide bonds. The summed E-state index contributed by atoms with van der Waals surface area (Å²) in [6.45, 7) is 4.26. The van der Waals surface area contributed by atoms with E-state index in [0.29, 0.717) is 26.3 Å². The summed E-state index contributed by atoms with van der Waals surface area (Å²) in [5, 5.41) is 2.88. The Morgan fingerprint density at radius 1 is 1.35 bits per heavy atom. The van der Waals surface area contributed by atoms with E-state index in [9.17, 15) is 9.59 Å². The van der Waals surface area contributed by atoms with Crippen LogP contribution in [0, 0.1) is 5.92 Å². The molecule has 0 saturated carbocycles. The van der Waals surface area contributed by atoms with E-state index in [1.54, 1.807) is 12.0 Å². The molecular weight excluding hydrogens is 296 g/mol. The summed E-state index contributed by atoms with van der Waals surface area (Å²) in [5.74, 6) is 0.358. The summed E-state index contributed by atoms with van der Waals surface area (Å²) in [6.07, 6.45) is 1.03. The van der Waals surface area contributed by atoms with Gasteiger partial charge in [-0.1, -0.05) is 0 Å². The maximum atomic E-state index is 12.2. The van der Waals surface area contributed by atoms with Crippen LogP contribution in [0.3, 0.4) is 0 Å². The smallest absolute Gasteiger partial charge is 0.227 e. The van der Waals surface area contributed by atoms with Gasteiger partial charge in [-0.25, -0.2) is 0 Å². The molecule has 1 fully saturated rings. The summed E-state index contributed by atoms with van der Waals surface area (Å²) in [5.41, 5.74) is 0.794. The molecule has 1 N–H and O–H groups in total. The van der Waals surface area contributed by atoms with Crippen LogP contribution in [-0.4, -0.2) is 45.2 Å². The number of ether oxygens (including phenoxy) is 2. The lowest BCUT2D eigenvalue weighted by molar-refractivity contribution is -0.126. The lowest BCUT2D eigenvalue weighted by atomic mass is 10.1. The number of nitrogens with one attached hydrogen (secondary N) is 1. The second-order valence-electron chi connectivity index (χ2n) is 5.44. The van der Waals surface area contributed by atoms with E-state index in [-0.39, 0.29) is 24.2 Å². The Labute approximate surface area is 136 Å². The molecule has 1 unspecified atom stereocenters. The van der Waals surface area contributed by atoms with Crippen LogP contribution in [0.5, 0.6) is 5.75 Å². The predicted molar refractivity (Wildman–Crippen MR) is 87.6 cm³/mol. The van der Waals surface area contributed by atoms with Crippen molar-refractivity contribution in [3.63, 3.8) is 0 Å². The van der Waals surface area contributed by atoms with Crippen molar-refractivity contribution in [2.24, 2.45) is 5.92 Å². The van der Waals surface area contributed by atoms with Crippen molar-refractivity contribution in [1.29, 1.82) is 0 Å². The summed E-state index contributed by atoms with van der Waals surface area (Å²) in [7, 11) is 1.60. The fraction of sp³-hybridized carbons (Fsp3) is 0.529. The number of methoxy groups -OCH3 is 1. The molecule has 1 heterocycles. The maximum Gasteiger partial charge on any atom is 0.227 e. The first kappa shape index (κ1) is 17.3. The molecule has 23 heavy (non-hydrogen) atoms. The standard InChI is InChI=1S/C17H24N2O4/c1-3-23-10-4-9-18-17(21)13-11-16(20)19(12-13)14-5-7-15(22-2)8-6-14/h5-8,13H,3-4,9-12H2,1-2H3,(H,18,21). The Kier molecular flexibility index (Phi) is 6.40. The van der Waals surface area contributed by atoms with Crippen molar-refractivity contribution in [2.45, 2.75) is 19.8 Å². The maximum absolute atomic E-state index is 12.2. The van der Waals surface area contributed by atoms with E-state index >= 15 is 0 Å². The van der Waals surface area contributed by atoms with Crippen LogP contribution in [-0.2, 0) is 14.3 Å². The SMILES string of the molecule is CCOCCCNC(=O)C1CC(=O)N(c2ccc(OC)cc2)C1. The average molecular weight is 320 g/mol. The van der Waals surface area contributed by atoms with Crippen molar-refractivity contribution in [2.75, 3.05) is 38.3 Å². The van der Waals surface area contributed by atoms with Crippen molar-refractivity contribution >= 4 is 17.5 Å². The third kappa shape index (κ3) is 4.69. The number of amides is 2. The number of rotatable bonds is 8. The third-order valence-electron chi connectivity index (χ3n) is 3.85. The van der Waals surface area contributed by atoms with Gasteiger partial charge in [-0.2, -0.15) is 0 Å². The van der Waals surface area contributed by atoms with Gasteiger partial charge >= 0.3 is 0 Å². The van der Waals surface area contributed by atoms with Crippen LogP contribution in [0.2, 0.25) is 0 Å². The molecule has 0 radical (unpaired) electrons. The largest absolute Gasteiger partial charge is 0.497 e. The molecule has 0 aromatic heterocycles. The Morgan fingerprint density at radius 2 is 2.09 bits per heavy atom.